The van der Waals surface area contributed by atoms with E-state index >= 15 is 0 Å². The van der Waals surface area contributed by atoms with Crippen LogP contribution in [0.4, 0.5) is 10.5 Å². The smallest absolute Gasteiger partial charge is 0.442 e. The van der Waals surface area contributed by atoms with Gasteiger partial charge in [-0.05, 0) is 63.4 Å². The molecule has 1 aromatic rings. The van der Waals surface area contributed by atoms with Crippen LogP contribution in [0.15, 0.2) is 22.6 Å². The van der Waals surface area contributed by atoms with Gasteiger partial charge in [0.15, 0.2) is 8.32 Å². The van der Waals surface area contributed by atoms with Crippen LogP contribution in [0.3, 0.4) is 0 Å². The maximum Gasteiger partial charge on any atom is 0.442 e. The van der Waals surface area contributed by atoms with Crippen molar-refractivity contribution in [3.8, 4) is 5.75 Å². The highest BCUT2D eigenvalue weighted by molar-refractivity contribution is 7.92. The minimum Gasteiger partial charge on any atom is -0.493 e. The van der Waals surface area contributed by atoms with Crippen molar-refractivity contribution in [1.82, 2.24) is 0 Å². The number of unbranched alkanes of at least 4 members (excludes halogenated alkanes) is 1. The number of rotatable bonds is 10. The first kappa shape index (κ1) is 30.0. The average Bonchev–Trinajstić information content (AvgIpc) is 2.60. The van der Waals surface area contributed by atoms with Gasteiger partial charge in [-0.2, -0.15) is 0 Å². The Labute approximate surface area is 205 Å². The molecule has 0 aliphatic heterocycles. The number of nitro benzene ring substituents is 1. The Kier molecular flexibility index (Phi) is 10.3. The zero-order chi connectivity index (χ0) is 26.4. The normalized spacial score (nSPS) is 14.3. The molecule has 1 aromatic carbocycles. The molecule has 11 heteroatoms. The molecule has 34 heavy (non-hydrogen) atoms. The van der Waals surface area contributed by atoms with Crippen LogP contribution in [0.5, 0.6) is 5.75 Å². The fraction of sp³-hybridized carbons (Fsp3) is 0.696. The van der Waals surface area contributed by atoms with E-state index in [1.807, 2.05) is 0 Å². The lowest BCUT2D eigenvalue weighted by Gasteiger charge is -2.36. The van der Waals surface area contributed by atoms with Crippen molar-refractivity contribution < 1.29 is 27.8 Å². The first-order chi connectivity index (χ1) is 15.3. The largest absolute Gasteiger partial charge is 0.493 e. The van der Waals surface area contributed by atoms with Crippen LogP contribution >= 0.6 is 0 Å². The standard InChI is InChI=1S/C23H40N2O7SSi/c1-22(2,3)32-21(26)24-33(7,29)17-18-14-19(25(27)28)16-20(15-18)30-12-10-11-13-31-34(8,9)23(4,5)6/h14-16H,10-13,17H2,1-9H3. The summed E-state index contributed by atoms with van der Waals surface area (Å²) < 4.78 is 33.5. The molecule has 1 unspecified atom stereocenters. The molecule has 0 heterocycles. The third kappa shape index (κ3) is 11.0. The van der Waals surface area contributed by atoms with Crippen molar-refractivity contribution in [2.24, 2.45) is 4.36 Å². The summed E-state index contributed by atoms with van der Waals surface area (Å²) in [6.45, 7) is 17.0. The van der Waals surface area contributed by atoms with Crippen molar-refractivity contribution in [3.05, 3.63) is 33.9 Å². The van der Waals surface area contributed by atoms with Crippen LogP contribution < -0.4 is 4.74 Å². The van der Waals surface area contributed by atoms with E-state index in [1.165, 1.54) is 18.4 Å². The number of ether oxygens (including phenoxy) is 2. The SMILES string of the molecule is CC(C)(C)OC(=O)N=S(C)(=O)Cc1cc(OCCCCO[Si](C)(C)C(C)(C)C)cc([N+](=O)[O-])c1. The summed E-state index contributed by atoms with van der Waals surface area (Å²) in [6.07, 6.45) is 1.93. The van der Waals surface area contributed by atoms with Crippen molar-refractivity contribution in [2.45, 2.75) is 83.9 Å². The quantitative estimate of drug-likeness (QED) is 0.155. The number of nitro groups is 1. The van der Waals surface area contributed by atoms with E-state index in [9.17, 15) is 19.1 Å². The molecule has 0 spiro atoms. The van der Waals surface area contributed by atoms with Gasteiger partial charge in [-0.1, -0.05) is 20.8 Å². The number of benzene rings is 1. The fourth-order valence-corrected chi connectivity index (χ4v) is 4.92. The van der Waals surface area contributed by atoms with Gasteiger partial charge in [-0.25, -0.2) is 9.00 Å². The molecule has 9 nitrogen and oxygen atoms in total. The summed E-state index contributed by atoms with van der Waals surface area (Å²) in [4.78, 5) is 22.8. The predicted molar refractivity (Wildman–Crippen MR) is 137 cm³/mol. The number of hydrogen-bond donors (Lipinski definition) is 0. The molecule has 0 N–H and O–H groups in total. The van der Waals surface area contributed by atoms with Gasteiger partial charge in [-0.15, -0.1) is 4.36 Å². The minimum atomic E-state index is -3.01. The second-order valence-electron chi connectivity index (χ2n) is 10.9. The molecule has 0 saturated carbocycles. The average molecular weight is 517 g/mol. The van der Waals surface area contributed by atoms with E-state index in [-0.39, 0.29) is 16.5 Å². The summed E-state index contributed by atoms with van der Waals surface area (Å²) in [7, 11) is -4.80. The Morgan fingerprint density at radius 2 is 1.68 bits per heavy atom. The van der Waals surface area contributed by atoms with E-state index in [0.29, 0.717) is 24.5 Å². The summed E-state index contributed by atoms with van der Waals surface area (Å²) >= 11 is 0. The molecule has 0 aromatic heterocycles. The highest BCUT2D eigenvalue weighted by Gasteiger charge is 2.36. The van der Waals surface area contributed by atoms with E-state index < -0.39 is 34.7 Å². The van der Waals surface area contributed by atoms with Crippen molar-refractivity contribution >= 4 is 29.8 Å². The zero-order valence-corrected chi connectivity index (χ0v) is 23.7. The van der Waals surface area contributed by atoms with Crippen molar-refractivity contribution in [1.29, 1.82) is 0 Å². The molecule has 1 rings (SSSR count). The van der Waals surface area contributed by atoms with Gasteiger partial charge >= 0.3 is 6.09 Å². The van der Waals surface area contributed by atoms with Gasteiger partial charge in [0.1, 0.15) is 11.4 Å². The Morgan fingerprint density at radius 1 is 1.09 bits per heavy atom. The summed E-state index contributed by atoms with van der Waals surface area (Å²) in [5.74, 6) is 0.159. The number of non-ortho nitro benzene ring substituents is 1. The first-order valence-electron chi connectivity index (χ1n) is 11.3. The van der Waals surface area contributed by atoms with Gasteiger partial charge < -0.3 is 13.9 Å². The summed E-state index contributed by atoms with van der Waals surface area (Å²) in [6, 6.07) is 4.23. The van der Waals surface area contributed by atoms with E-state index in [0.717, 1.165) is 12.8 Å². The Bertz CT molecular complexity index is 988. The van der Waals surface area contributed by atoms with Gasteiger partial charge in [0.25, 0.3) is 5.69 Å². The van der Waals surface area contributed by atoms with Crippen LogP contribution in [-0.4, -0.2) is 48.6 Å². The predicted octanol–water partition coefficient (Wildman–Crippen LogP) is 6.31. The highest BCUT2D eigenvalue weighted by Crippen LogP contribution is 2.36. The molecule has 0 saturated heterocycles. The lowest BCUT2D eigenvalue weighted by atomic mass is 10.2. The molecule has 0 aliphatic carbocycles. The molecule has 0 fully saturated rings. The third-order valence-electron chi connectivity index (χ3n) is 5.33. The molecule has 1 amide bonds. The lowest BCUT2D eigenvalue weighted by Crippen LogP contribution is -2.41. The number of amides is 1. The Balaban J connectivity index is 2.81. The topological polar surface area (TPSA) is 117 Å². The monoisotopic (exact) mass is 516 g/mol. The maximum absolute atomic E-state index is 12.8. The minimum absolute atomic E-state index is 0.148. The van der Waals surface area contributed by atoms with Crippen molar-refractivity contribution in [3.63, 3.8) is 0 Å². The molecule has 1 atom stereocenters. The van der Waals surface area contributed by atoms with Crippen LogP contribution in [-0.2, 0) is 24.6 Å². The number of nitrogens with zero attached hydrogens (tertiary/aromatic N) is 2. The van der Waals surface area contributed by atoms with E-state index in [2.05, 4.69) is 38.2 Å². The van der Waals surface area contributed by atoms with Gasteiger partial charge in [-0.3, -0.25) is 10.1 Å². The molecule has 194 valence electrons. The first-order valence-corrected chi connectivity index (χ1v) is 16.3. The van der Waals surface area contributed by atoms with Crippen LogP contribution in [0.2, 0.25) is 18.1 Å². The van der Waals surface area contributed by atoms with E-state index in [4.69, 9.17) is 13.9 Å². The molecular weight excluding hydrogens is 476 g/mol. The second kappa shape index (κ2) is 11.6. The van der Waals surface area contributed by atoms with E-state index in [1.54, 1.807) is 26.8 Å². The summed E-state index contributed by atoms with van der Waals surface area (Å²) in [5.41, 5.74) is -0.551. The lowest BCUT2D eigenvalue weighted by molar-refractivity contribution is -0.385. The summed E-state index contributed by atoms with van der Waals surface area (Å²) in [5, 5.41) is 11.5. The Hall–Kier alpha value is -1.98. The molecule has 0 bridgehead atoms. The second-order valence-corrected chi connectivity index (χ2v) is 18.1. The van der Waals surface area contributed by atoms with Crippen LogP contribution in [0.25, 0.3) is 0 Å². The van der Waals surface area contributed by atoms with Gasteiger partial charge in [0.2, 0.25) is 0 Å². The third-order valence-corrected chi connectivity index (χ3v) is 11.3. The number of carbonyl (C=O) groups excluding carboxylic acids is 1. The fourth-order valence-electron chi connectivity index (χ4n) is 2.63. The van der Waals surface area contributed by atoms with Gasteiger partial charge in [0.05, 0.1) is 33.1 Å². The van der Waals surface area contributed by atoms with Crippen molar-refractivity contribution in [2.75, 3.05) is 19.5 Å². The van der Waals surface area contributed by atoms with Gasteiger partial charge in [0, 0.05) is 18.9 Å². The Morgan fingerprint density at radius 3 is 2.21 bits per heavy atom. The van der Waals surface area contributed by atoms with Crippen LogP contribution in [0.1, 0.15) is 59.9 Å². The molecular formula is C23H40N2O7SSi. The van der Waals surface area contributed by atoms with Crippen LogP contribution in [0, 0.1) is 10.1 Å². The number of hydrogen-bond acceptors (Lipinski definition) is 7. The number of carbonyl (C=O) groups is 1. The molecule has 0 aliphatic rings. The highest BCUT2D eigenvalue weighted by atomic mass is 32.2. The maximum atomic E-state index is 12.8. The zero-order valence-electron chi connectivity index (χ0n) is 21.9. The molecule has 0 radical (unpaired) electrons.